The zero-order chi connectivity index (χ0) is 15.5. The molecule has 0 amide bonds. The number of ether oxygens (including phenoxy) is 1. The first-order chi connectivity index (χ1) is 9.94. The molecule has 21 heavy (non-hydrogen) atoms. The maximum Gasteiger partial charge on any atom is 0.246 e. The average molecular weight is 310 g/mol. The molecule has 0 saturated carbocycles. The van der Waals surface area contributed by atoms with Crippen molar-refractivity contribution in [2.24, 2.45) is 7.05 Å². The molecule has 0 bridgehead atoms. The third-order valence-corrected chi connectivity index (χ3v) is 4.40. The van der Waals surface area contributed by atoms with Gasteiger partial charge in [-0.2, -0.15) is 5.10 Å². The Morgan fingerprint density at radius 2 is 2.00 bits per heavy atom. The van der Waals surface area contributed by atoms with E-state index in [2.05, 4.69) is 9.82 Å². The van der Waals surface area contributed by atoms with Crippen LogP contribution in [0.1, 0.15) is 11.1 Å². The summed E-state index contributed by atoms with van der Waals surface area (Å²) in [5.74, 6) is -0.0184. The van der Waals surface area contributed by atoms with Gasteiger partial charge in [-0.3, -0.25) is 4.68 Å². The van der Waals surface area contributed by atoms with Crippen LogP contribution in [-0.2, 0) is 35.0 Å². The molecular weight excluding hydrogens is 292 g/mol. The number of hydrogen-bond donors (Lipinski definition) is 2. The second kappa shape index (κ2) is 6.25. The SMILES string of the molecule is COCc1ccccc1CNS(=O)(=O)c1cn(C)nc1N. The summed E-state index contributed by atoms with van der Waals surface area (Å²) in [5, 5.41) is 3.83. The number of hydrogen-bond acceptors (Lipinski definition) is 5. The lowest BCUT2D eigenvalue weighted by Gasteiger charge is -2.10. The predicted octanol–water partition coefficient (Wildman–Crippen LogP) is 0.627. The van der Waals surface area contributed by atoms with Crippen LogP contribution in [0.15, 0.2) is 35.4 Å². The van der Waals surface area contributed by atoms with Gasteiger partial charge in [-0.15, -0.1) is 0 Å². The fraction of sp³-hybridized carbons (Fsp3) is 0.308. The van der Waals surface area contributed by atoms with E-state index in [0.717, 1.165) is 11.1 Å². The Morgan fingerprint density at radius 3 is 2.57 bits per heavy atom. The molecule has 0 spiro atoms. The van der Waals surface area contributed by atoms with Gasteiger partial charge in [0.25, 0.3) is 0 Å². The van der Waals surface area contributed by atoms with Crippen molar-refractivity contribution in [1.29, 1.82) is 0 Å². The van der Waals surface area contributed by atoms with E-state index in [9.17, 15) is 8.42 Å². The van der Waals surface area contributed by atoms with Gasteiger partial charge in [0.05, 0.1) is 6.61 Å². The smallest absolute Gasteiger partial charge is 0.246 e. The van der Waals surface area contributed by atoms with Gasteiger partial charge in [0.2, 0.25) is 10.0 Å². The summed E-state index contributed by atoms with van der Waals surface area (Å²) in [6.07, 6.45) is 1.37. The Bertz CT molecular complexity index is 725. The monoisotopic (exact) mass is 310 g/mol. The summed E-state index contributed by atoms with van der Waals surface area (Å²) in [4.78, 5) is -0.0192. The average Bonchev–Trinajstić information content (AvgIpc) is 2.78. The Balaban J connectivity index is 2.18. The standard InChI is InChI=1S/C13H18N4O3S/c1-17-8-12(13(14)16-17)21(18,19)15-7-10-5-3-4-6-11(10)9-20-2/h3-6,8,15H,7,9H2,1-2H3,(H2,14,16). The highest BCUT2D eigenvalue weighted by molar-refractivity contribution is 7.89. The second-order valence-corrected chi connectivity index (χ2v) is 6.31. The molecule has 0 saturated heterocycles. The van der Waals surface area contributed by atoms with Crippen molar-refractivity contribution in [3.8, 4) is 0 Å². The van der Waals surface area contributed by atoms with Crippen molar-refractivity contribution < 1.29 is 13.2 Å². The molecule has 7 nitrogen and oxygen atoms in total. The van der Waals surface area contributed by atoms with Gasteiger partial charge in [-0.05, 0) is 11.1 Å². The Labute approximate surface area is 123 Å². The van der Waals surface area contributed by atoms with Crippen LogP contribution >= 0.6 is 0 Å². The van der Waals surface area contributed by atoms with Crippen LogP contribution in [-0.4, -0.2) is 25.3 Å². The minimum atomic E-state index is -3.70. The van der Waals surface area contributed by atoms with Crippen molar-refractivity contribution in [2.45, 2.75) is 18.0 Å². The maximum atomic E-state index is 12.2. The molecule has 1 heterocycles. The summed E-state index contributed by atoms with van der Waals surface area (Å²) < 4.78 is 33.5. The van der Waals surface area contributed by atoms with Gasteiger partial charge >= 0.3 is 0 Å². The van der Waals surface area contributed by atoms with Gasteiger partial charge in [0, 0.05) is 26.9 Å². The first-order valence-electron chi connectivity index (χ1n) is 6.28. The number of nitrogens with zero attached hydrogens (tertiary/aromatic N) is 2. The van der Waals surface area contributed by atoms with Crippen molar-refractivity contribution in [3.05, 3.63) is 41.6 Å². The first-order valence-corrected chi connectivity index (χ1v) is 7.77. The number of sulfonamides is 1. The molecular formula is C13H18N4O3S. The molecule has 114 valence electrons. The zero-order valence-corrected chi connectivity index (χ0v) is 12.7. The van der Waals surface area contributed by atoms with Gasteiger partial charge < -0.3 is 10.5 Å². The number of nitrogens with one attached hydrogen (secondary N) is 1. The van der Waals surface area contributed by atoms with E-state index < -0.39 is 10.0 Å². The van der Waals surface area contributed by atoms with Gasteiger partial charge in [-0.25, -0.2) is 13.1 Å². The van der Waals surface area contributed by atoms with Crippen LogP contribution in [0.4, 0.5) is 5.82 Å². The Kier molecular flexibility index (Phi) is 4.61. The van der Waals surface area contributed by atoms with Crippen LogP contribution in [0.5, 0.6) is 0 Å². The van der Waals surface area contributed by atoms with Crippen LogP contribution in [0.3, 0.4) is 0 Å². The normalized spacial score (nSPS) is 11.7. The third kappa shape index (κ3) is 3.60. The van der Waals surface area contributed by atoms with Crippen molar-refractivity contribution >= 4 is 15.8 Å². The largest absolute Gasteiger partial charge is 0.381 e. The van der Waals surface area contributed by atoms with Gasteiger partial charge in [-0.1, -0.05) is 24.3 Å². The lowest BCUT2D eigenvalue weighted by atomic mass is 10.1. The van der Waals surface area contributed by atoms with Crippen LogP contribution in [0, 0.1) is 0 Å². The summed E-state index contributed by atoms with van der Waals surface area (Å²) in [6, 6.07) is 7.47. The quantitative estimate of drug-likeness (QED) is 0.815. The molecule has 1 aromatic heterocycles. The minimum Gasteiger partial charge on any atom is -0.381 e. The molecule has 0 unspecified atom stereocenters. The number of benzene rings is 1. The van der Waals surface area contributed by atoms with E-state index in [-0.39, 0.29) is 17.3 Å². The molecule has 0 fully saturated rings. The van der Waals surface area contributed by atoms with Crippen molar-refractivity contribution in [3.63, 3.8) is 0 Å². The summed E-state index contributed by atoms with van der Waals surface area (Å²) in [5.41, 5.74) is 7.39. The van der Waals surface area contributed by atoms with E-state index in [1.54, 1.807) is 14.2 Å². The van der Waals surface area contributed by atoms with Crippen LogP contribution < -0.4 is 10.5 Å². The van der Waals surface area contributed by atoms with E-state index in [1.807, 2.05) is 24.3 Å². The summed E-state index contributed by atoms with van der Waals surface area (Å²) in [6.45, 7) is 0.586. The maximum absolute atomic E-state index is 12.2. The van der Waals surface area contributed by atoms with E-state index in [1.165, 1.54) is 10.9 Å². The molecule has 8 heteroatoms. The molecule has 0 aliphatic heterocycles. The fourth-order valence-corrected chi connectivity index (χ4v) is 3.08. The number of nitrogens with two attached hydrogens (primary N) is 1. The number of anilines is 1. The number of aromatic nitrogens is 2. The highest BCUT2D eigenvalue weighted by Crippen LogP contribution is 2.16. The van der Waals surface area contributed by atoms with Crippen LogP contribution in [0.25, 0.3) is 0 Å². The Morgan fingerprint density at radius 1 is 1.33 bits per heavy atom. The lowest BCUT2D eigenvalue weighted by molar-refractivity contribution is 0.184. The molecule has 3 N–H and O–H groups in total. The van der Waals surface area contributed by atoms with Gasteiger partial charge in [0.15, 0.2) is 5.82 Å². The molecule has 1 aromatic carbocycles. The fourth-order valence-electron chi connectivity index (χ4n) is 1.97. The van der Waals surface area contributed by atoms with Crippen molar-refractivity contribution in [2.75, 3.05) is 12.8 Å². The topological polar surface area (TPSA) is 99.2 Å². The molecule has 0 atom stereocenters. The summed E-state index contributed by atoms with van der Waals surface area (Å²) in [7, 11) is -0.490. The first kappa shape index (κ1) is 15.5. The lowest BCUT2D eigenvalue weighted by Crippen LogP contribution is -2.24. The van der Waals surface area contributed by atoms with Crippen molar-refractivity contribution in [1.82, 2.24) is 14.5 Å². The van der Waals surface area contributed by atoms with E-state index in [4.69, 9.17) is 10.5 Å². The third-order valence-electron chi connectivity index (χ3n) is 2.98. The molecule has 0 aliphatic rings. The highest BCUT2D eigenvalue weighted by atomic mass is 32.2. The van der Waals surface area contributed by atoms with E-state index >= 15 is 0 Å². The summed E-state index contributed by atoms with van der Waals surface area (Å²) >= 11 is 0. The number of rotatable bonds is 6. The molecule has 2 aromatic rings. The number of nitrogen functional groups attached to an aromatic ring is 1. The zero-order valence-electron chi connectivity index (χ0n) is 11.9. The van der Waals surface area contributed by atoms with E-state index in [0.29, 0.717) is 6.61 Å². The number of methoxy groups -OCH3 is 1. The molecule has 0 radical (unpaired) electrons. The minimum absolute atomic E-state index is 0.0184. The molecule has 2 rings (SSSR count). The molecule has 0 aliphatic carbocycles. The van der Waals surface area contributed by atoms with Crippen LogP contribution in [0.2, 0.25) is 0 Å². The Hall–Kier alpha value is -1.90. The number of aryl methyl sites for hydroxylation is 1. The highest BCUT2D eigenvalue weighted by Gasteiger charge is 2.20. The predicted molar refractivity (Wildman–Crippen MR) is 78.8 cm³/mol. The second-order valence-electron chi connectivity index (χ2n) is 4.58. The van der Waals surface area contributed by atoms with Gasteiger partial charge in [0.1, 0.15) is 4.90 Å².